The molecule has 0 fully saturated rings. The second-order valence-corrected chi connectivity index (χ2v) is 7.31. The minimum Gasteiger partial charge on any atom is -0.481 e. The first kappa shape index (κ1) is 14.1. The van der Waals surface area contributed by atoms with Crippen LogP contribution < -0.4 is 0 Å². The minimum absolute atomic E-state index is 0.143. The number of carboxylic acids is 2. The summed E-state index contributed by atoms with van der Waals surface area (Å²) in [6.45, 7) is -2.44. The molecule has 0 bridgehead atoms. The standard InChI is InChI=1S/C20H38O4/c1-19(2,17(21)22)15-13-11-9-7-5-6-8-10-12-14-16-20(3,4)18(23)24/h5-16H2,1-4H3,(H,21,22)(H,23,24)/i1D3,3D3. The number of aliphatic carboxylic acids is 2. The second-order valence-electron chi connectivity index (χ2n) is 7.31. The van der Waals surface area contributed by atoms with E-state index in [0.717, 1.165) is 51.4 Å². The summed E-state index contributed by atoms with van der Waals surface area (Å²) < 4.78 is 44.6. The molecule has 0 rings (SSSR count). The highest BCUT2D eigenvalue weighted by Crippen LogP contribution is 2.25. The number of rotatable bonds is 15. The molecule has 0 aliphatic rings. The number of hydrogen-bond donors (Lipinski definition) is 2. The van der Waals surface area contributed by atoms with Crippen molar-refractivity contribution in [2.75, 3.05) is 0 Å². The van der Waals surface area contributed by atoms with Crippen LogP contribution in [0.25, 0.3) is 0 Å². The summed E-state index contributed by atoms with van der Waals surface area (Å²) >= 11 is 0. The van der Waals surface area contributed by atoms with E-state index in [0.29, 0.717) is 12.8 Å². The Kier molecular flexibility index (Phi) is 6.77. The van der Waals surface area contributed by atoms with Crippen LogP contribution >= 0.6 is 0 Å². The van der Waals surface area contributed by atoms with Gasteiger partial charge in [-0.1, -0.05) is 64.2 Å². The molecule has 0 aliphatic heterocycles. The van der Waals surface area contributed by atoms with E-state index in [2.05, 4.69) is 0 Å². The van der Waals surface area contributed by atoms with E-state index in [4.69, 9.17) is 8.22 Å². The van der Waals surface area contributed by atoms with Crippen molar-refractivity contribution in [3.63, 3.8) is 0 Å². The molecule has 0 aromatic rings. The van der Waals surface area contributed by atoms with Gasteiger partial charge in [0, 0.05) is 8.22 Å². The van der Waals surface area contributed by atoms with Gasteiger partial charge in [0.1, 0.15) is 0 Å². The maximum absolute atomic E-state index is 11.3. The lowest BCUT2D eigenvalue weighted by Crippen LogP contribution is -2.23. The zero-order valence-corrected chi connectivity index (χ0v) is 15.2. The molecule has 0 aliphatic carbocycles. The fourth-order valence-corrected chi connectivity index (χ4v) is 2.59. The largest absolute Gasteiger partial charge is 0.481 e. The first-order valence-corrected chi connectivity index (χ1v) is 9.06. The van der Waals surface area contributed by atoms with E-state index in [-0.39, 0.29) is 12.8 Å². The third-order valence-corrected chi connectivity index (χ3v) is 4.55. The molecule has 4 nitrogen and oxygen atoms in total. The van der Waals surface area contributed by atoms with E-state index in [9.17, 15) is 19.8 Å². The first-order chi connectivity index (χ1) is 13.6. The zero-order valence-electron chi connectivity index (χ0n) is 21.2. The first-order valence-electron chi connectivity index (χ1n) is 12.1. The van der Waals surface area contributed by atoms with Crippen LogP contribution in [0.15, 0.2) is 0 Å². The molecule has 0 aromatic carbocycles. The Balaban J connectivity index is 3.86. The summed E-state index contributed by atoms with van der Waals surface area (Å²) in [5.74, 6) is -2.55. The van der Waals surface area contributed by atoms with Crippen molar-refractivity contribution in [1.82, 2.24) is 0 Å². The van der Waals surface area contributed by atoms with E-state index in [1.165, 1.54) is 13.8 Å². The molecular formula is C20H38O4. The molecule has 24 heavy (non-hydrogen) atoms. The van der Waals surface area contributed by atoms with Crippen LogP contribution in [0, 0.1) is 10.8 Å². The van der Waals surface area contributed by atoms with Crippen molar-refractivity contribution in [2.45, 2.75) is 105 Å². The number of carboxylic acid groups (broad SMARTS) is 2. The Morgan fingerprint density at radius 1 is 0.667 bits per heavy atom. The molecule has 0 spiro atoms. The summed E-state index contributed by atoms with van der Waals surface area (Å²) in [5, 5.41) is 18.4. The molecule has 2 atom stereocenters. The molecule has 0 aromatic heterocycles. The number of unbranched alkanes of at least 4 members (excludes halogenated alkanes) is 9. The van der Waals surface area contributed by atoms with Gasteiger partial charge in [0.2, 0.25) is 0 Å². The molecule has 0 amide bonds. The van der Waals surface area contributed by atoms with E-state index < -0.39 is 36.5 Å². The lowest BCUT2D eigenvalue weighted by molar-refractivity contribution is -0.148. The lowest BCUT2D eigenvalue weighted by atomic mass is 9.87. The highest BCUT2D eigenvalue weighted by Gasteiger charge is 2.26. The quantitative estimate of drug-likeness (QED) is 0.362. The topological polar surface area (TPSA) is 74.6 Å². The average Bonchev–Trinajstić information content (AvgIpc) is 2.59. The Hall–Kier alpha value is -1.06. The summed E-state index contributed by atoms with van der Waals surface area (Å²) in [6.07, 6.45) is 9.02. The van der Waals surface area contributed by atoms with Gasteiger partial charge in [-0.2, -0.15) is 0 Å². The summed E-state index contributed by atoms with van der Waals surface area (Å²) in [6, 6.07) is 0. The molecule has 0 radical (unpaired) electrons. The van der Waals surface area contributed by atoms with Gasteiger partial charge in [-0.15, -0.1) is 0 Å². The van der Waals surface area contributed by atoms with Crippen molar-refractivity contribution in [3.05, 3.63) is 0 Å². The van der Waals surface area contributed by atoms with Crippen molar-refractivity contribution in [1.29, 1.82) is 0 Å². The molecule has 0 heterocycles. The average molecular weight is 349 g/mol. The minimum atomic E-state index is -2.51. The van der Waals surface area contributed by atoms with Crippen LogP contribution in [0.5, 0.6) is 0 Å². The van der Waals surface area contributed by atoms with Gasteiger partial charge in [0.05, 0.1) is 10.8 Å². The SMILES string of the molecule is [2H]C([2H])([2H])C(C)(CCCCCCCCCCCCC(C)(C(=O)O)C([2H])([2H])[2H])C(=O)O. The smallest absolute Gasteiger partial charge is 0.309 e. The van der Waals surface area contributed by atoms with Gasteiger partial charge in [-0.25, -0.2) is 0 Å². The Morgan fingerprint density at radius 2 is 0.917 bits per heavy atom. The molecule has 2 unspecified atom stereocenters. The highest BCUT2D eigenvalue weighted by atomic mass is 16.4. The van der Waals surface area contributed by atoms with Crippen LogP contribution in [-0.2, 0) is 9.59 Å². The van der Waals surface area contributed by atoms with Crippen LogP contribution in [0.1, 0.15) is 113 Å². The van der Waals surface area contributed by atoms with Crippen molar-refractivity contribution < 1.29 is 28.0 Å². The molecule has 142 valence electrons. The van der Waals surface area contributed by atoms with Crippen molar-refractivity contribution in [2.24, 2.45) is 10.8 Å². The predicted octanol–water partition coefficient (Wildman–Crippen LogP) is 5.89. The Bertz CT molecular complexity index is 498. The van der Waals surface area contributed by atoms with Gasteiger partial charge in [-0.05, 0) is 40.4 Å². The van der Waals surface area contributed by atoms with E-state index >= 15 is 0 Å². The van der Waals surface area contributed by atoms with Crippen LogP contribution in [-0.4, -0.2) is 22.2 Å². The fraction of sp³-hybridized carbons (Fsp3) is 0.900. The lowest BCUT2D eigenvalue weighted by Gasteiger charge is -2.18. The van der Waals surface area contributed by atoms with E-state index in [1.807, 2.05) is 0 Å². The highest BCUT2D eigenvalue weighted by molar-refractivity contribution is 5.73. The second kappa shape index (κ2) is 11.5. The van der Waals surface area contributed by atoms with Gasteiger partial charge >= 0.3 is 11.9 Å². The molecule has 4 heteroatoms. The normalized spacial score (nSPS) is 21.1. The monoisotopic (exact) mass is 348 g/mol. The van der Waals surface area contributed by atoms with Crippen LogP contribution in [0.2, 0.25) is 0 Å². The third-order valence-electron chi connectivity index (χ3n) is 4.55. The maximum atomic E-state index is 11.3. The third kappa shape index (κ3) is 10.7. The van der Waals surface area contributed by atoms with Gasteiger partial charge in [0.25, 0.3) is 0 Å². The van der Waals surface area contributed by atoms with Gasteiger partial charge < -0.3 is 10.2 Å². The summed E-state index contributed by atoms with van der Waals surface area (Å²) in [7, 11) is 0. The molecule has 2 N–H and O–H groups in total. The van der Waals surface area contributed by atoms with E-state index in [1.54, 1.807) is 0 Å². The van der Waals surface area contributed by atoms with Crippen molar-refractivity contribution in [3.8, 4) is 0 Å². The summed E-state index contributed by atoms with van der Waals surface area (Å²) in [5.41, 5.74) is -3.38. The Labute approximate surface area is 156 Å². The maximum Gasteiger partial charge on any atom is 0.309 e. The molecule has 0 saturated carbocycles. The van der Waals surface area contributed by atoms with Crippen LogP contribution in [0.4, 0.5) is 0 Å². The molecular weight excluding hydrogens is 304 g/mol. The number of carbonyl (C=O) groups is 2. The van der Waals surface area contributed by atoms with Crippen LogP contribution in [0.3, 0.4) is 0 Å². The molecule has 0 saturated heterocycles. The fourth-order valence-electron chi connectivity index (χ4n) is 2.59. The number of hydrogen-bond acceptors (Lipinski definition) is 2. The van der Waals surface area contributed by atoms with Gasteiger partial charge in [-0.3, -0.25) is 9.59 Å². The van der Waals surface area contributed by atoms with Crippen molar-refractivity contribution >= 4 is 11.9 Å². The predicted molar refractivity (Wildman–Crippen MR) is 98.2 cm³/mol. The summed E-state index contributed by atoms with van der Waals surface area (Å²) in [4.78, 5) is 22.6. The Morgan fingerprint density at radius 3 is 1.12 bits per heavy atom. The zero-order chi connectivity index (χ0) is 23.6. The van der Waals surface area contributed by atoms with Gasteiger partial charge in [0.15, 0.2) is 0 Å².